The number of piperidine rings is 1. The first-order chi connectivity index (χ1) is 14.5. The van der Waals surface area contributed by atoms with Crippen molar-refractivity contribution in [3.8, 4) is 11.5 Å². The standard InChI is InChI=1S/C20H24ClFN4O4/c1-29-16-3-2-13(10-17(16)30-9-6-22)12-26-7-4-14(5-8-26)23-18-11-15(19(27)28)24-20(21)25-18/h2-3,10-11,14H,4-9,12H2,1H3,(H,27,28)(H,23,24,25). The van der Waals surface area contributed by atoms with E-state index in [1.54, 1.807) is 7.11 Å². The van der Waals surface area contributed by atoms with Gasteiger partial charge in [0.05, 0.1) is 7.11 Å². The second-order valence-electron chi connectivity index (χ2n) is 6.93. The third kappa shape index (κ3) is 5.93. The lowest BCUT2D eigenvalue weighted by atomic mass is 10.0. The first kappa shape index (κ1) is 22.0. The molecule has 2 N–H and O–H groups in total. The zero-order valence-corrected chi connectivity index (χ0v) is 17.4. The van der Waals surface area contributed by atoms with Gasteiger partial charge in [0, 0.05) is 31.7 Å². The highest BCUT2D eigenvalue weighted by molar-refractivity contribution is 6.28. The average molecular weight is 439 g/mol. The predicted octanol–water partition coefficient (Wildman–Crippen LogP) is 3.26. The molecule has 3 rings (SSSR count). The number of carbonyl (C=O) groups is 1. The number of nitrogens with one attached hydrogen (secondary N) is 1. The van der Waals surface area contributed by atoms with Crippen molar-refractivity contribution in [2.24, 2.45) is 0 Å². The average Bonchev–Trinajstić information content (AvgIpc) is 2.73. The lowest BCUT2D eigenvalue weighted by molar-refractivity contribution is 0.0690. The summed E-state index contributed by atoms with van der Waals surface area (Å²) in [6, 6.07) is 7.23. The van der Waals surface area contributed by atoms with Gasteiger partial charge < -0.3 is 19.9 Å². The van der Waals surface area contributed by atoms with Gasteiger partial charge in [-0.2, -0.15) is 0 Å². The topological polar surface area (TPSA) is 96.8 Å². The third-order valence-corrected chi connectivity index (χ3v) is 5.00. The minimum absolute atomic E-state index is 0.00642. The van der Waals surface area contributed by atoms with Crippen molar-refractivity contribution in [2.45, 2.75) is 25.4 Å². The minimum Gasteiger partial charge on any atom is -0.493 e. The number of carboxylic acid groups (broad SMARTS) is 1. The Morgan fingerprint density at radius 1 is 1.30 bits per heavy atom. The Labute approximate surface area is 179 Å². The van der Waals surface area contributed by atoms with Gasteiger partial charge in [-0.05, 0) is 42.1 Å². The molecule has 0 unspecified atom stereocenters. The minimum atomic E-state index is -1.15. The molecule has 2 aromatic rings. The number of benzene rings is 1. The molecule has 0 aliphatic carbocycles. The van der Waals surface area contributed by atoms with E-state index in [2.05, 4.69) is 20.2 Å². The van der Waals surface area contributed by atoms with Crippen molar-refractivity contribution in [3.63, 3.8) is 0 Å². The van der Waals surface area contributed by atoms with E-state index in [-0.39, 0.29) is 23.6 Å². The number of anilines is 1. The first-order valence-corrected chi connectivity index (χ1v) is 9.98. The maximum atomic E-state index is 12.4. The normalized spacial score (nSPS) is 15.0. The monoisotopic (exact) mass is 438 g/mol. The van der Waals surface area contributed by atoms with Crippen molar-refractivity contribution < 1.29 is 23.8 Å². The summed E-state index contributed by atoms with van der Waals surface area (Å²) in [5, 5.41) is 12.2. The largest absolute Gasteiger partial charge is 0.493 e. The fraction of sp³-hybridized carbons (Fsp3) is 0.450. The Morgan fingerprint density at radius 2 is 2.07 bits per heavy atom. The van der Waals surface area contributed by atoms with E-state index >= 15 is 0 Å². The van der Waals surface area contributed by atoms with Crippen LogP contribution in [0.5, 0.6) is 11.5 Å². The summed E-state index contributed by atoms with van der Waals surface area (Å²) >= 11 is 5.82. The number of rotatable bonds is 9. The second-order valence-corrected chi connectivity index (χ2v) is 7.27. The van der Waals surface area contributed by atoms with Crippen molar-refractivity contribution >= 4 is 23.4 Å². The van der Waals surface area contributed by atoms with E-state index in [1.807, 2.05) is 18.2 Å². The summed E-state index contributed by atoms with van der Waals surface area (Å²) in [6.07, 6.45) is 1.73. The number of aromatic nitrogens is 2. The molecule has 1 aromatic carbocycles. The second kappa shape index (κ2) is 10.4. The van der Waals surface area contributed by atoms with Crippen LogP contribution in [0.2, 0.25) is 5.28 Å². The van der Waals surface area contributed by atoms with E-state index in [9.17, 15) is 9.18 Å². The zero-order valence-electron chi connectivity index (χ0n) is 16.6. The van der Waals surface area contributed by atoms with Crippen LogP contribution in [0.4, 0.5) is 10.2 Å². The predicted molar refractivity (Wildman–Crippen MR) is 110 cm³/mol. The van der Waals surface area contributed by atoms with Gasteiger partial charge in [0.2, 0.25) is 5.28 Å². The SMILES string of the molecule is COc1ccc(CN2CCC(Nc3cc(C(=O)O)nc(Cl)n3)CC2)cc1OCCF. The number of hydrogen-bond donors (Lipinski definition) is 2. The first-order valence-electron chi connectivity index (χ1n) is 9.61. The smallest absolute Gasteiger partial charge is 0.354 e. The van der Waals surface area contributed by atoms with Gasteiger partial charge >= 0.3 is 5.97 Å². The van der Waals surface area contributed by atoms with E-state index in [1.165, 1.54) is 6.07 Å². The van der Waals surface area contributed by atoms with E-state index in [0.717, 1.165) is 38.0 Å². The highest BCUT2D eigenvalue weighted by Crippen LogP contribution is 2.29. The maximum Gasteiger partial charge on any atom is 0.354 e. The summed E-state index contributed by atoms with van der Waals surface area (Å²) < 4.78 is 23.1. The van der Waals surface area contributed by atoms with Gasteiger partial charge in [-0.25, -0.2) is 19.2 Å². The van der Waals surface area contributed by atoms with Crippen LogP contribution >= 0.6 is 11.6 Å². The molecule has 8 nitrogen and oxygen atoms in total. The molecule has 30 heavy (non-hydrogen) atoms. The number of hydrogen-bond acceptors (Lipinski definition) is 7. The zero-order chi connectivity index (χ0) is 21.5. The summed E-state index contributed by atoms with van der Waals surface area (Å²) in [5.41, 5.74) is 0.921. The molecule has 0 amide bonds. The van der Waals surface area contributed by atoms with E-state index in [4.69, 9.17) is 26.2 Å². The van der Waals surface area contributed by atoms with Crippen molar-refractivity contribution in [1.82, 2.24) is 14.9 Å². The van der Waals surface area contributed by atoms with E-state index < -0.39 is 12.6 Å². The molecule has 0 radical (unpaired) electrons. The van der Waals surface area contributed by atoms with Gasteiger partial charge in [-0.1, -0.05) is 6.07 Å². The van der Waals surface area contributed by atoms with Gasteiger partial charge in [-0.3, -0.25) is 4.90 Å². The molecule has 162 valence electrons. The van der Waals surface area contributed by atoms with Crippen molar-refractivity contribution in [2.75, 3.05) is 38.8 Å². The molecule has 10 heteroatoms. The Bertz CT molecular complexity index is 878. The molecule has 1 aliphatic heterocycles. The van der Waals surface area contributed by atoms with Gasteiger partial charge in [0.1, 0.15) is 19.1 Å². The number of halogens is 2. The Morgan fingerprint density at radius 3 is 2.73 bits per heavy atom. The molecule has 1 saturated heterocycles. The molecule has 1 aromatic heterocycles. The number of nitrogens with zero attached hydrogens (tertiary/aromatic N) is 3. The fourth-order valence-electron chi connectivity index (χ4n) is 3.38. The maximum absolute atomic E-state index is 12.4. The summed E-state index contributed by atoms with van der Waals surface area (Å²) in [5.74, 6) is 0.389. The molecular formula is C20H24ClFN4O4. The molecule has 0 saturated carbocycles. The number of likely N-dealkylation sites (tertiary alicyclic amines) is 1. The third-order valence-electron chi connectivity index (χ3n) is 4.83. The lowest BCUT2D eigenvalue weighted by Gasteiger charge is -2.32. The molecule has 1 fully saturated rings. The Kier molecular flexibility index (Phi) is 7.64. The number of ether oxygens (including phenoxy) is 2. The van der Waals surface area contributed by atoms with Crippen LogP contribution in [0.3, 0.4) is 0 Å². The van der Waals surface area contributed by atoms with Crippen LogP contribution in [0.25, 0.3) is 0 Å². The number of carboxylic acids is 1. The van der Waals surface area contributed by atoms with Crippen LogP contribution < -0.4 is 14.8 Å². The number of aromatic carboxylic acids is 1. The fourth-order valence-corrected chi connectivity index (χ4v) is 3.57. The number of alkyl halides is 1. The van der Waals surface area contributed by atoms with E-state index in [0.29, 0.717) is 17.3 Å². The molecule has 0 bridgehead atoms. The van der Waals surface area contributed by atoms with Gasteiger partial charge in [0.25, 0.3) is 0 Å². The van der Waals surface area contributed by atoms with Crippen LogP contribution in [-0.4, -0.2) is 65.5 Å². The molecule has 0 atom stereocenters. The van der Waals surface area contributed by atoms with Crippen molar-refractivity contribution in [1.29, 1.82) is 0 Å². The molecule has 2 heterocycles. The van der Waals surface area contributed by atoms with Crippen LogP contribution in [0.1, 0.15) is 28.9 Å². The molecule has 0 spiro atoms. The van der Waals surface area contributed by atoms with Gasteiger partial charge in [0.15, 0.2) is 17.2 Å². The summed E-state index contributed by atoms with van der Waals surface area (Å²) in [7, 11) is 1.55. The summed E-state index contributed by atoms with van der Waals surface area (Å²) in [6.45, 7) is 1.89. The Balaban J connectivity index is 1.55. The summed E-state index contributed by atoms with van der Waals surface area (Å²) in [4.78, 5) is 21.2. The van der Waals surface area contributed by atoms with Crippen molar-refractivity contribution in [3.05, 3.63) is 40.8 Å². The number of methoxy groups -OCH3 is 1. The Hall–Kier alpha value is -2.65. The highest BCUT2D eigenvalue weighted by atomic mass is 35.5. The lowest BCUT2D eigenvalue weighted by Crippen LogP contribution is -2.38. The van der Waals surface area contributed by atoms with Crippen LogP contribution in [-0.2, 0) is 6.54 Å². The van der Waals surface area contributed by atoms with Gasteiger partial charge in [-0.15, -0.1) is 0 Å². The van der Waals surface area contributed by atoms with Crippen LogP contribution in [0, 0.1) is 0 Å². The quantitative estimate of drug-likeness (QED) is 0.576. The molecule has 1 aliphatic rings. The van der Waals surface area contributed by atoms with Crippen LogP contribution in [0.15, 0.2) is 24.3 Å². The highest BCUT2D eigenvalue weighted by Gasteiger charge is 2.21. The molecular weight excluding hydrogens is 415 g/mol.